The quantitative estimate of drug-likeness (QED) is 0.221. The second-order valence-electron chi connectivity index (χ2n) is 6.61. The maximum atomic E-state index is 5.81. The third-order valence-electron chi connectivity index (χ3n) is 4.06. The normalized spacial score (nSPS) is 12.0. The van der Waals surface area contributed by atoms with E-state index in [2.05, 4.69) is 21.0 Å². The lowest BCUT2D eigenvalue weighted by molar-refractivity contribution is -0.888. The van der Waals surface area contributed by atoms with E-state index in [1.54, 1.807) is 0 Å². The number of alkyl halides is 1. The maximum absolute atomic E-state index is 5.81. The molecule has 0 amide bonds. The molecule has 0 aromatic carbocycles. The molecule has 0 N–H and O–H groups in total. The Morgan fingerprint density at radius 2 is 1.05 bits per heavy atom. The van der Waals surface area contributed by atoms with Crippen molar-refractivity contribution >= 4 is 11.6 Å². The molecule has 0 rings (SSSR count). The molecule has 0 saturated heterocycles. The van der Waals surface area contributed by atoms with Gasteiger partial charge in [-0.15, -0.1) is 11.6 Å². The van der Waals surface area contributed by atoms with Gasteiger partial charge in [0.15, 0.2) is 0 Å². The minimum Gasteiger partial charge on any atom is -0.327 e. The van der Waals surface area contributed by atoms with Gasteiger partial charge < -0.3 is 4.48 Å². The van der Waals surface area contributed by atoms with E-state index >= 15 is 0 Å². The first-order chi connectivity index (χ1) is 9.12. The fraction of sp³-hybridized carbons (Fsp3) is 1.00. The molecule has 0 radical (unpaired) electrons. The van der Waals surface area contributed by atoms with Crippen molar-refractivity contribution in [1.82, 2.24) is 0 Å². The third-order valence-corrected chi connectivity index (χ3v) is 4.23. The lowest BCUT2D eigenvalue weighted by atomic mass is 10.1. The average molecular weight is 291 g/mol. The van der Waals surface area contributed by atoms with Gasteiger partial charge in [0.2, 0.25) is 0 Å². The summed E-state index contributed by atoms with van der Waals surface area (Å²) in [5, 5.41) is 0. The van der Waals surface area contributed by atoms with E-state index in [4.69, 9.17) is 11.6 Å². The Morgan fingerprint density at radius 1 is 0.632 bits per heavy atom. The van der Waals surface area contributed by atoms with E-state index in [-0.39, 0.29) is 0 Å². The number of quaternary nitrogens is 1. The molecule has 0 aromatic rings. The Hall–Kier alpha value is 0.250. The van der Waals surface area contributed by atoms with Crippen LogP contribution in [0.5, 0.6) is 0 Å². The largest absolute Gasteiger partial charge is 0.327 e. The van der Waals surface area contributed by atoms with Gasteiger partial charge >= 0.3 is 0 Å². The highest BCUT2D eigenvalue weighted by Crippen LogP contribution is 2.12. The van der Waals surface area contributed by atoms with E-state index in [1.807, 2.05) is 0 Å². The molecule has 0 atom stereocenters. The smallest absolute Gasteiger partial charge is 0.0920 e. The van der Waals surface area contributed by atoms with Crippen LogP contribution < -0.4 is 0 Å². The number of halogens is 1. The van der Waals surface area contributed by atoms with Crippen LogP contribution in [0.25, 0.3) is 0 Å². The van der Waals surface area contributed by atoms with Crippen LogP contribution in [0.4, 0.5) is 0 Å². The number of unbranched alkanes of at least 4 members (excludes halogenated alkanes) is 10. The molecule has 0 aliphatic carbocycles. The molecular formula is C17H37ClN+. The third kappa shape index (κ3) is 14.5. The summed E-state index contributed by atoms with van der Waals surface area (Å²) < 4.78 is 1.08. The Kier molecular flexibility index (Phi) is 13.4. The van der Waals surface area contributed by atoms with Crippen molar-refractivity contribution in [3.63, 3.8) is 0 Å². The average Bonchev–Trinajstić information content (AvgIpc) is 2.36. The summed E-state index contributed by atoms with van der Waals surface area (Å²) in [5.41, 5.74) is 0. The lowest BCUT2D eigenvalue weighted by Crippen LogP contribution is -2.41. The van der Waals surface area contributed by atoms with Crippen molar-refractivity contribution < 1.29 is 4.48 Å². The zero-order valence-electron chi connectivity index (χ0n) is 13.7. The van der Waals surface area contributed by atoms with Gasteiger partial charge in [0, 0.05) is 0 Å². The molecule has 1 nitrogen and oxygen atoms in total. The van der Waals surface area contributed by atoms with Crippen LogP contribution in [0, 0.1) is 0 Å². The standard InChI is InChI=1S/C17H37ClN/c1-4-5-6-7-8-9-10-11-12-13-14-16-19(2,3)17-15-18/h4-17H2,1-3H3/q+1. The molecule has 2 heteroatoms. The van der Waals surface area contributed by atoms with E-state index < -0.39 is 0 Å². The second kappa shape index (κ2) is 13.2. The Labute approximate surface area is 127 Å². The van der Waals surface area contributed by atoms with Crippen molar-refractivity contribution in [2.75, 3.05) is 33.1 Å². The predicted molar refractivity (Wildman–Crippen MR) is 89.0 cm³/mol. The molecule has 116 valence electrons. The number of rotatable bonds is 14. The highest BCUT2D eigenvalue weighted by Gasteiger charge is 2.12. The van der Waals surface area contributed by atoms with Gasteiger partial charge in [-0.1, -0.05) is 64.7 Å². The van der Waals surface area contributed by atoms with Gasteiger partial charge in [-0.2, -0.15) is 0 Å². The molecule has 0 aliphatic rings. The molecular weight excluding hydrogens is 254 g/mol. The summed E-state index contributed by atoms with van der Waals surface area (Å²) in [5.74, 6) is 0.783. The van der Waals surface area contributed by atoms with E-state index in [0.717, 1.165) is 16.9 Å². The zero-order valence-corrected chi connectivity index (χ0v) is 14.5. The highest BCUT2D eigenvalue weighted by atomic mass is 35.5. The SMILES string of the molecule is CCCCCCCCCCCCC[N+](C)(C)CCCl. The number of hydrogen-bond acceptors (Lipinski definition) is 0. The van der Waals surface area contributed by atoms with Crippen LogP contribution in [0.15, 0.2) is 0 Å². The minimum absolute atomic E-state index is 0.783. The van der Waals surface area contributed by atoms with Crippen molar-refractivity contribution in [3.8, 4) is 0 Å². The van der Waals surface area contributed by atoms with E-state index in [0.29, 0.717) is 0 Å². The van der Waals surface area contributed by atoms with E-state index in [1.165, 1.54) is 77.2 Å². The highest BCUT2D eigenvalue weighted by molar-refractivity contribution is 6.17. The lowest BCUT2D eigenvalue weighted by Gasteiger charge is -2.28. The Balaban J connectivity index is 3.14. The topological polar surface area (TPSA) is 0 Å². The molecule has 0 unspecified atom stereocenters. The summed E-state index contributed by atoms with van der Waals surface area (Å²) in [6.45, 7) is 4.66. The molecule has 0 bridgehead atoms. The van der Waals surface area contributed by atoms with Gasteiger partial charge in [0.25, 0.3) is 0 Å². The van der Waals surface area contributed by atoms with Crippen LogP contribution in [0.2, 0.25) is 0 Å². The number of nitrogens with zero attached hydrogens (tertiary/aromatic N) is 1. The van der Waals surface area contributed by atoms with Gasteiger partial charge in [-0.3, -0.25) is 0 Å². The summed E-state index contributed by atoms with van der Waals surface area (Å²) in [7, 11) is 4.58. The van der Waals surface area contributed by atoms with Crippen LogP contribution in [0.3, 0.4) is 0 Å². The molecule has 0 aliphatic heterocycles. The van der Waals surface area contributed by atoms with Gasteiger partial charge in [0.05, 0.1) is 33.1 Å². The summed E-state index contributed by atoms with van der Waals surface area (Å²) in [6, 6.07) is 0. The second-order valence-corrected chi connectivity index (χ2v) is 6.99. The van der Waals surface area contributed by atoms with E-state index in [9.17, 15) is 0 Å². The van der Waals surface area contributed by atoms with Gasteiger partial charge in [-0.25, -0.2) is 0 Å². The molecule has 0 aromatic heterocycles. The van der Waals surface area contributed by atoms with Gasteiger partial charge in [-0.05, 0) is 12.8 Å². The van der Waals surface area contributed by atoms with Gasteiger partial charge in [0.1, 0.15) is 0 Å². The van der Waals surface area contributed by atoms with Crippen molar-refractivity contribution in [2.24, 2.45) is 0 Å². The van der Waals surface area contributed by atoms with Crippen molar-refractivity contribution in [1.29, 1.82) is 0 Å². The molecule has 0 saturated carbocycles. The Morgan fingerprint density at radius 3 is 1.47 bits per heavy atom. The summed E-state index contributed by atoms with van der Waals surface area (Å²) in [6.07, 6.45) is 15.7. The minimum atomic E-state index is 0.783. The molecule has 0 heterocycles. The van der Waals surface area contributed by atoms with Crippen LogP contribution in [-0.2, 0) is 0 Å². The fourth-order valence-corrected chi connectivity index (χ4v) is 3.00. The number of hydrogen-bond donors (Lipinski definition) is 0. The van der Waals surface area contributed by atoms with Crippen LogP contribution in [0.1, 0.15) is 77.6 Å². The molecule has 19 heavy (non-hydrogen) atoms. The molecule has 0 spiro atoms. The monoisotopic (exact) mass is 290 g/mol. The Bertz CT molecular complexity index is 180. The van der Waals surface area contributed by atoms with Crippen LogP contribution >= 0.6 is 11.6 Å². The molecule has 0 fully saturated rings. The van der Waals surface area contributed by atoms with Crippen molar-refractivity contribution in [2.45, 2.75) is 77.6 Å². The first kappa shape index (κ1) is 19.2. The maximum Gasteiger partial charge on any atom is 0.0920 e. The predicted octanol–water partition coefficient (Wildman–Crippen LogP) is 5.61. The fourth-order valence-electron chi connectivity index (χ4n) is 2.54. The zero-order chi connectivity index (χ0) is 14.4. The first-order valence-electron chi connectivity index (χ1n) is 8.50. The van der Waals surface area contributed by atoms with Crippen LogP contribution in [-0.4, -0.2) is 37.5 Å². The van der Waals surface area contributed by atoms with Crippen molar-refractivity contribution in [3.05, 3.63) is 0 Å². The summed E-state index contributed by atoms with van der Waals surface area (Å²) >= 11 is 5.81. The summed E-state index contributed by atoms with van der Waals surface area (Å²) in [4.78, 5) is 0. The first-order valence-corrected chi connectivity index (χ1v) is 9.04.